The molecule has 24 heavy (non-hydrogen) atoms. The lowest BCUT2D eigenvalue weighted by molar-refractivity contribution is 0.0387. The van der Waals surface area contributed by atoms with Crippen LogP contribution >= 0.6 is 12.4 Å². The van der Waals surface area contributed by atoms with Crippen molar-refractivity contribution >= 4 is 24.2 Å². The molecule has 0 aliphatic carbocycles. The van der Waals surface area contributed by atoms with E-state index in [-0.39, 0.29) is 30.0 Å². The first-order valence-corrected chi connectivity index (χ1v) is 7.86. The number of rotatable bonds is 4. The first kappa shape index (κ1) is 18.1. The van der Waals surface area contributed by atoms with Crippen LogP contribution in [-0.4, -0.2) is 12.7 Å². The predicted molar refractivity (Wildman–Crippen MR) is 98.5 cm³/mol. The van der Waals surface area contributed by atoms with Gasteiger partial charge in [0, 0.05) is 17.6 Å². The van der Waals surface area contributed by atoms with Crippen molar-refractivity contribution in [3.8, 4) is 0 Å². The van der Waals surface area contributed by atoms with Gasteiger partial charge in [-0.2, -0.15) is 0 Å². The lowest BCUT2D eigenvalue weighted by Crippen LogP contribution is -2.46. The van der Waals surface area contributed by atoms with E-state index in [0.29, 0.717) is 6.61 Å². The molecule has 5 heteroatoms. The Kier molecular flexibility index (Phi) is 5.73. The van der Waals surface area contributed by atoms with Crippen LogP contribution in [0.5, 0.6) is 0 Å². The molecule has 0 unspecified atom stereocenters. The minimum absolute atomic E-state index is 0. The van der Waals surface area contributed by atoms with E-state index in [9.17, 15) is 4.79 Å². The molecule has 0 saturated carbocycles. The van der Waals surface area contributed by atoms with Crippen LogP contribution in [0.2, 0.25) is 0 Å². The molecule has 2 aromatic carbocycles. The average Bonchev–Trinajstić information content (AvgIpc) is 2.57. The highest BCUT2D eigenvalue weighted by atomic mass is 35.5. The summed E-state index contributed by atoms with van der Waals surface area (Å²) in [5.41, 5.74) is 3.27. The summed E-state index contributed by atoms with van der Waals surface area (Å²) in [6, 6.07) is 18.5. The number of anilines is 1. The van der Waals surface area contributed by atoms with Gasteiger partial charge in [0.05, 0.1) is 6.04 Å². The van der Waals surface area contributed by atoms with Gasteiger partial charge in [0.25, 0.3) is 0 Å². The first-order chi connectivity index (χ1) is 11.0. The monoisotopic (exact) mass is 346 g/mol. The highest BCUT2D eigenvalue weighted by molar-refractivity contribution is 5.85. The number of amides is 1. The van der Waals surface area contributed by atoms with Crippen LogP contribution in [0, 0.1) is 5.41 Å². The van der Waals surface area contributed by atoms with Crippen molar-refractivity contribution in [2.45, 2.75) is 26.4 Å². The van der Waals surface area contributed by atoms with E-state index in [2.05, 4.69) is 60.9 Å². The fourth-order valence-electron chi connectivity index (χ4n) is 2.82. The molecule has 1 atom stereocenters. The van der Waals surface area contributed by atoms with Gasteiger partial charge in [-0.25, -0.2) is 4.79 Å². The van der Waals surface area contributed by atoms with Crippen molar-refractivity contribution in [1.29, 1.82) is 0 Å². The maximum Gasteiger partial charge on any atom is 0.407 e. The van der Waals surface area contributed by atoms with Crippen LogP contribution in [0.25, 0.3) is 0 Å². The summed E-state index contributed by atoms with van der Waals surface area (Å²) in [6.45, 7) is 5.41. The molecule has 3 rings (SSSR count). The van der Waals surface area contributed by atoms with E-state index < -0.39 is 0 Å². The summed E-state index contributed by atoms with van der Waals surface area (Å²) in [6.07, 6.45) is -0.347. The lowest BCUT2D eigenvalue weighted by atomic mass is 9.80. The second-order valence-electron chi connectivity index (χ2n) is 6.60. The van der Waals surface area contributed by atoms with E-state index in [1.807, 2.05) is 18.2 Å². The Bertz CT molecular complexity index is 672. The molecule has 1 amide bonds. The first-order valence-electron chi connectivity index (χ1n) is 7.86. The third-order valence-electron chi connectivity index (χ3n) is 4.20. The number of halogens is 1. The zero-order valence-corrected chi connectivity index (χ0v) is 14.7. The van der Waals surface area contributed by atoms with E-state index in [1.165, 1.54) is 5.56 Å². The summed E-state index contributed by atoms with van der Waals surface area (Å²) in [4.78, 5) is 11.5. The number of nitrogens with one attached hydrogen (secondary N) is 2. The molecule has 2 aromatic rings. The Balaban J connectivity index is 0.00000208. The van der Waals surface area contributed by atoms with Crippen molar-refractivity contribution in [3.63, 3.8) is 0 Å². The standard InChI is InChI=1S/C19H22N2O2.ClH/c1-19(2)13-23-18(22)21-17(19)15-8-10-16(11-9-15)20-12-14-6-4-3-5-7-14;/h3-11,17,20H,12-13H2,1-2H3,(H,21,22);1H/t17-;/m1./s1. The van der Waals surface area contributed by atoms with Crippen LogP contribution in [0.15, 0.2) is 54.6 Å². The van der Waals surface area contributed by atoms with Crippen molar-refractivity contribution < 1.29 is 9.53 Å². The van der Waals surface area contributed by atoms with E-state index >= 15 is 0 Å². The molecule has 1 saturated heterocycles. The van der Waals surface area contributed by atoms with Gasteiger partial charge in [-0.15, -0.1) is 12.4 Å². The van der Waals surface area contributed by atoms with Crippen molar-refractivity contribution in [2.75, 3.05) is 11.9 Å². The van der Waals surface area contributed by atoms with Gasteiger partial charge in [-0.1, -0.05) is 56.3 Å². The largest absolute Gasteiger partial charge is 0.449 e. The Morgan fingerprint density at radius 1 is 1.12 bits per heavy atom. The van der Waals surface area contributed by atoms with Gasteiger partial charge >= 0.3 is 6.09 Å². The molecule has 0 spiro atoms. The number of ether oxygens (including phenoxy) is 1. The lowest BCUT2D eigenvalue weighted by Gasteiger charge is -2.38. The molecule has 0 aromatic heterocycles. The van der Waals surface area contributed by atoms with Gasteiger partial charge in [-0.3, -0.25) is 0 Å². The van der Waals surface area contributed by atoms with Gasteiger partial charge in [-0.05, 0) is 23.3 Å². The number of cyclic esters (lactones) is 1. The summed E-state index contributed by atoms with van der Waals surface area (Å²) in [5.74, 6) is 0. The molecule has 0 radical (unpaired) electrons. The SMILES string of the molecule is CC1(C)COC(=O)N[C@@H]1c1ccc(NCc2ccccc2)cc1.Cl. The smallest absolute Gasteiger partial charge is 0.407 e. The second-order valence-corrected chi connectivity index (χ2v) is 6.60. The van der Waals surface area contributed by atoms with Crippen LogP contribution < -0.4 is 10.6 Å². The minimum Gasteiger partial charge on any atom is -0.449 e. The van der Waals surface area contributed by atoms with Gasteiger partial charge in [0.15, 0.2) is 0 Å². The Hall–Kier alpha value is -2.20. The van der Waals surface area contributed by atoms with E-state index in [4.69, 9.17) is 4.74 Å². The van der Waals surface area contributed by atoms with Gasteiger partial charge in [0.1, 0.15) is 6.61 Å². The van der Waals surface area contributed by atoms with Gasteiger partial charge in [0.2, 0.25) is 0 Å². The fourth-order valence-corrected chi connectivity index (χ4v) is 2.82. The molecule has 1 aliphatic rings. The number of hydrogen-bond donors (Lipinski definition) is 2. The second kappa shape index (κ2) is 7.58. The number of benzene rings is 2. The normalized spacial score (nSPS) is 18.8. The molecular weight excluding hydrogens is 324 g/mol. The molecule has 1 fully saturated rings. The van der Waals surface area contributed by atoms with E-state index in [0.717, 1.165) is 17.8 Å². The Labute approximate surface area is 149 Å². The Morgan fingerprint density at radius 2 is 1.79 bits per heavy atom. The number of carbonyl (C=O) groups is 1. The number of alkyl carbamates (subject to hydrolysis) is 1. The zero-order chi connectivity index (χ0) is 16.3. The molecule has 128 valence electrons. The third kappa shape index (κ3) is 4.20. The van der Waals surface area contributed by atoms with Crippen LogP contribution in [0.4, 0.5) is 10.5 Å². The zero-order valence-electron chi connectivity index (χ0n) is 13.9. The van der Waals surface area contributed by atoms with Crippen LogP contribution in [0.1, 0.15) is 31.0 Å². The maximum absolute atomic E-state index is 11.5. The predicted octanol–water partition coefficient (Wildman–Crippen LogP) is 4.53. The van der Waals surface area contributed by atoms with Crippen molar-refractivity contribution in [3.05, 3.63) is 65.7 Å². The number of hydrogen-bond acceptors (Lipinski definition) is 3. The molecule has 4 nitrogen and oxygen atoms in total. The van der Waals surface area contributed by atoms with Crippen molar-refractivity contribution in [1.82, 2.24) is 5.32 Å². The Morgan fingerprint density at radius 3 is 2.46 bits per heavy atom. The molecule has 1 heterocycles. The minimum atomic E-state index is -0.347. The topological polar surface area (TPSA) is 50.4 Å². The highest BCUT2D eigenvalue weighted by Crippen LogP contribution is 2.36. The molecule has 1 aliphatic heterocycles. The summed E-state index contributed by atoms with van der Waals surface area (Å²) >= 11 is 0. The summed E-state index contributed by atoms with van der Waals surface area (Å²) < 4.78 is 5.09. The maximum atomic E-state index is 11.5. The summed E-state index contributed by atoms with van der Waals surface area (Å²) in [5, 5.41) is 6.33. The highest BCUT2D eigenvalue weighted by Gasteiger charge is 2.37. The molecule has 2 N–H and O–H groups in total. The fraction of sp³-hybridized carbons (Fsp3) is 0.316. The van der Waals surface area contributed by atoms with Crippen LogP contribution in [-0.2, 0) is 11.3 Å². The summed E-state index contributed by atoms with van der Waals surface area (Å²) in [7, 11) is 0. The van der Waals surface area contributed by atoms with Crippen LogP contribution in [0.3, 0.4) is 0 Å². The quantitative estimate of drug-likeness (QED) is 0.855. The van der Waals surface area contributed by atoms with Gasteiger partial charge < -0.3 is 15.4 Å². The molecule has 0 bridgehead atoms. The number of carbonyl (C=O) groups excluding carboxylic acids is 1. The third-order valence-corrected chi connectivity index (χ3v) is 4.20. The van der Waals surface area contributed by atoms with E-state index in [1.54, 1.807) is 0 Å². The average molecular weight is 347 g/mol. The van der Waals surface area contributed by atoms with Crippen molar-refractivity contribution in [2.24, 2.45) is 5.41 Å². The molecular formula is C19H23ClN2O2.